The van der Waals surface area contributed by atoms with Crippen molar-refractivity contribution in [2.24, 2.45) is 0 Å². The highest BCUT2D eigenvalue weighted by molar-refractivity contribution is 7.86. The average molecular weight is 247 g/mol. The summed E-state index contributed by atoms with van der Waals surface area (Å²) in [5.74, 6) is 0.161. The molecule has 6 nitrogen and oxygen atoms in total. The van der Waals surface area contributed by atoms with Crippen LogP contribution in [-0.2, 0) is 16.5 Å². The van der Waals surface area contributed by atoms with Gasteiger partial charge in [0.05, 0.1) is 12.8 Å². The molecule has 0 heterocycles. The van der Waals surface area contributed by atoms with Crippen LogP contribution < -0.4 is 10.5 Å². The second-order valence-electron chi connectivity index (χ2n) is 3.12. The van der Waals surface area contributed by atoms with Crippen LogP contribution in [0.2, 0.25) is 0 Å². The topological polar surface area (TPSA) is 110 Å². The third kappa shape index (κ3) is 2.43. The smallest absolute Gasteiger partial charge is 0.296 e. The molecule has 0 saturated carbocycles. The van der Waals surface area contributed by atoms with Crippen LogP contribution in [0, 0.1) is 0 Å². The Balaban J connectivity index is 3.49. The fourth-order valence-electron chi connectivity index (χ4n) is 1.43. The zero-order chi connectivity index (χ0) is 12.3. The van der Waals surface area contributed by atoms with Crippen LogP contribution in [0.3, 0.4) is 0 Å². The summed E-state index contributed by atoms with van der Waals surface area (Å²) in [5.41, 5.74) is 5.66. The van der Waals surface area contributed by atoms with Crippen LogP contribution in [-0.4, -0.2) is 31.8 Å². The zero-order valence-electron chi connectivity index (χ0n) is 8.67. The van der Waals surface area contributed by atoms with Gasteiger partial charge in [0.25, 0.3) is 10.1 Å². The lowest BCUT2D eigenvalue weighted by molar-refractivity contribution is 0.298. The summed E-state index contributed by atoms with van der Waals surface area (Å²) in [6, 6.07) is 2.92. The first-order valence-corrected chi connectivity index (χ1v) is 5.89. The summed E-state index contributed by atoms with van der Waals surface area (Å²) in [6.07, 6.45) is 0.0866. The second-order valence-corrected chi connectivity index (χ2v) is 4.48. The van der Waals surface area contributed by atoms with Crippen molar-refractivity contribution in [1.82, 2.24) is 0 Å². The number of hydrogen-bond donors (Lipinski definition) is 3. The second kappa shape index (κ2) is 4.69. The number of aliphatic hydroxyl groups excluding tert-OH is 1. The molecule has 7 heteroatoms. The molecule has 0 spiro atoms. The normalized spacial score (nSPS) is 11.4. The Kier molecular flexibility index (Phi) is 3.74. The quantitative estimate of drug-likeness (QED) is 0.512. The highest BCUT2D eigenvalue weighted by Crippen LogP contribution is 2.31. The predicted molar refractivity (Wildman–Crippen MR) is 58.0 cm³/mol. The van der Waals surface area contributed by atoms with Gasteiger partial charge in [0.2, 0.25) is 0 Å². The van der Waals surface area contributed by atoms with Crippen LogP contribution in [0.1, 0.15) is 5.56 Å². The van der Waals surface area contributed by atoms with E-state index in [2.05, 4.69) is 0 Å². The number of nitrogens with two attached hydrogens (primary N) is 1. The van der Waals surface area contributed by atoms with E-state index in [1.165, 1.54) is 19.2 Å². The molecule has 0 bridgehead atoms. The lowest BCUT2D eigenvalue weighted by Gasteiger charge is -2.12. The summed E-state index contributed by atoms with van der Waals surface area (Å²) < 4.78 is 36.2. The van der Waals surface area contributed by atoms with Crippen molar-refractivity contribution in [3.8, 4) is 5.75 Å². The summed E-state index contributed by atoms with van der Waals surface area (Å²) in [5, 5.41) is 8.78. The van der Waals surface area contributed by atoms with Gasteiger partial charge in [0.15, 0.2) is 0 Å². The third-order valence-electron chi connectivity index (χ3n) is 2.10. The van der Waals surface area contributed by atoms with Gasteiger partial charge >= 0.3 is 0 Å². The van der Waals surface area contributed by atoms with Gasteiger partial charge in [-0.25, -0.2) is 0 Å². The maximum Gasteiger partial charge on any atom is 0.296 e. The zero-order valence-corrected chi connectivity index (χ0v) is 9.49. The summed E-state index contributed by atoms with van der Waals surface area (Å²) in [6.45, 7) is -0.242. The molecule has 0 aliphatic rings. The summed E-state index contributed by atoms with van der Waals surface area (Å²) >= 11 is 0. The van der Waals surface area contributed by atoms with E-state index >= 15 is 0 Å². The molecule has 0 unspecified atom stereocenters. The van der Waals surface area contributed by atoms with E-state index in [1.807, 2.05) is 0 Å². The Morgan fingerprint density at radius 2 is 2.06 bits per heavy atom. The molecule has 16 heavy (non-hydrogen) atoms. The van der Waals surface area contributed by atoms with Crippen LogP contribution >= 0.6 is 0 Å². The van der Waals surface area contributed by atoms with Crippen molar-refractivity contribution in [3.05, 3.63) is 17.7 Å². The highest BCUT2D eigenvalue weighted by atomic mass is 32.2. The van der Waals surface area contributed by atoms with Crippen molar-refractivity contribution < 1.29 is 22.8 Å². The van der Waals surface area contributed by atoms with Crippen molar-refractivity contribution in [2.75, 3.05) is 19.5 Å². The van der Waals surface area contributed by atoms with Crippen molar-refractivity contribution in [1.29, 1.82) is 0 Å². The molecule has 4 N–H and O–H groups in total. The summed E-state index contributed by atoms with van der Waals surface area (Å²) in [4.78, 5) is -0.402. The number of rotatable bonds is 4. The molecule has 0 aliphatic carbocycles. The van der Waals surface area contributed by atoms with Crippen molar-refractivity contribution in [2.45, 2.75) is 11.3 Å². The van der Waals surface area contributed by atoms with E-state index in [0.717, 1.165) is 0 Å². The lowest BCUT2D eigenvalue weighted by atomic mass is 10.1. The Bertz CT molecular complexity index is 483. The monoisotopic (exact) mass is 247 g/mol. The Labute approximate surface area is 93.4 Å². The third-order valence-corrected chi connectivity index (χ3v) is 3.09. The van der Waals surface area contributed by atoms with Gasteiger partial charge in [0, 0.05) is 6.61 Å². The number of ether oxygens (including phenoxy) is 1. The Morgan fingerprint density at radius 3 is 2.50 bits per heavy atom. The molecule has 90 valence electrons. The number of aliphatic hydroxyl groups is 1. The van der Waals surface area contributed by atoms with Crippen LogP contribution in [0.4, 0.5) is 5.69 Å². The molecule has 0 saturated heterocycles. The molecular weight excluding hydrogens is 234 g/mol. The van der Waals surface area contributed by atoms with Gasteiger partial charge in [-0.3, -0.25) is 4.55 Å². The molecule has 0 aliphatic heterocycles. The van der Waals surface area contributed by atoms with E-state index in [9.17, 15) is 8.42 Å². The minimum Gasteiger partial charge on any atom is -0.495 e. The minimum atomic E-state index is -4.44. The number of anilines is 1. The molecule has 1 aromatic carbocycles. The summed E-state index contributed by atoms with van der Waals surface area (Å²) in [7, 11) is -3.10. The fraction of sp³-hybridized carbons (Fsp3) is 0.333. The maximum absolute atomic E-state index is 11.2. The standard InChI is InChI=1S/C9H13NO5S/c1-15-7-3-2-6(4-5-11)9(8(7)10)16(12,13)14/h2-3,11H,4-5,10H2,1H3,(H,12,13,14). The highest BCUT2D eigenvalue weighted by Gasteiger charge is 2.21. The van der Waals surface area contributed by atoms with Gasteiger partial charge in [-0.1, -0.05) is 6.07 Å². The molecule has 1 aromatic rings. The molecular formula is C9H13NO5S. The molecule has 1 rings (SSSR count). The molecule has 0 atom stereocenters. The van der Waals surface area contributed by atoms with Gasteiger partial charge in [-0.15, -0.1) is 0 Å². The molecule has 0 amide bonds. The first-order chi connectivity index (χ1) is 7.41. The first kappa shape index (κ1) is 12.8. The predicted octanol–water partition coefficient (Wildman–Crippen LogP) is 0.0589. The largest absolute Gasteiger partial charge is 0.495 e. The van der Waals surface area contributed by atoms with E-state index in [4.69, 9.17) is 20.1 Å². The fourth-order valence-corrected chi connectivity index (χ4v) is 2.31. The first-order valence-electron chi connectivity index (χ1n) is 4.45. The molecule has 0 radical (unpaired) electrons. The SMILES string of the molecule is COc1ccc(CCO)c(S(=O)(=O)O)c1N. The van der Waals surface area contributed by atoms with Crippen molar-refractivity contribution in [3.63, 3.8) is 0 Å². The molecule has 0 aromatic heterocycles. The van der Waals surface area contributed by atoms with Crippen LogP contribution in [0.25, 0.3) is 0 Å². The number of nitrogen functional groups attached to an aromatic ring is 1. The van der Waals surface area contributed by atoms with Gasteiger partial charge in [-0.2, -0.15) is 8.42 Å². The van der Waals surface area contributed by atoms with E-state index in [-0.39, 0.29) is 30.0 Å². The maximum atomic E-state index is 11.2. The lowest BCUT2D eigenvalue weighted by Crippen LogP contribution is -2.09. The van der Waals surface area contributed by atoms with Crippen LogP contribution in [0.15, 0.2) is 17.0 Å². The van der Waals surface area contributed by atoms with Gasteiger partial charge in [0.1, 0.15) is 10.6 Å². The van der Waals surface area contributed by atoms with Gasteiger partial charge < -0.3 is 15.6 Å². The minimum absolute atomic E-state index is 0.0866. The number of methoxy groups -OCH3 is 1. The molecule has 0 fully saturated rings. The van der Waals surface area contributed by atoms with E-state index in [1.54, 1.807) is 0 Å². The van der Waals surface area contributed by atoms with Gasteiger partial charge in [-0.05, 0) is 18.1 Å². The van der Waals surface area contributed by atoms with E-state index in [0.29, 0.717) is 0 Å². The number of hydrogen-bond acceptors (Lipinski definition) is 5. The van der Waals surface area contributed by atoms with Crippen LogP contribution in [0.5, 0.6) is 5.75 Å². The Hall–Kier alpha value is -1.31. The van der Waals surface area contributed by atoms with E-state index < -0.39 is 15.0 Å². The average Bonchev–Trinajstić information content (AvgIpc) is 2.16. The Morgan fingerprint density at radius 1 is 1.44 bits per heavy atom. The van der Waals surface area contributed by atoms with Crippen molar-refractivity contribution >= 4 is 15.8 Å². The number of benzene rings is 1.